The molecule has 7 heteroatoms. The Morgan fingerprint density at radius 3 is 2.78 bits per heavy atom. The molecule has 0 bridgehead atoms. The first-order chi connectivity index (χ1) is 13.2. The number of hydrogen-bond acceptors (Lipinski definition) is 6. The van der Waals surface area contributed by atoms with Crippen molar-refractivity contribution in [2.24, 2.45) is 5.10 Å². The van der Waals surface area contributed by atoms with Crippen molar-refractivity contribution in [1.29, 1.82) is 0 Å². The lowest BCUT2D eigenvalue weighted by molar-refractivity contribution is 0.103. The van der Waals surface area contributed by atoms with E-state index in [1.807, 2.05) is 6.07 Å². The highest BCUT2D eigenvalue weighted by Gasteiger charge is 2.30. The molecule has 0 radical (unpaired) electrons. The number of carbonyl (C=O) groups excluding carboxylic acids is 1. The van der Waals surface area contributed by atoms with Gasteiger partial charge in [0.1, 0.15) is 0 Å². The molecule has 2 aromatic heterocycles. The number of pyridine rings is 1. The molecule has 0 aliphatic carbocycles. The first-order valence-corrected chi connectivity index (χ1v) is 9.07. The van der Waals surface area contributed by atoms with E-state index in [-0.39, 0.29) is 17.2 Å². The number of hydrazone groups is 1. The van der Waals surface area contributed by atoms with E-state index in [2.05, 4.69) is 20.1 Å². The van der Waals surface area contributed by atoms with Gasteiger partial charge in [0.25, 0.3) is 5.56 Å². The summed E-state index contributed by atoms with van der Waals surface area (Å²) in [6.07, 6.45) is 8.40. The van der Waals surface area contributed by atoms with Gasteiger partial charge in [-0.25, -0.2) is 4.98 Å². The summed E-state index contributed by atoms with van der Waals surface area (Å²) in [4.78, 5) is 34.1. The maximum absolute atomic E-state index is 12.8. The van der Waals surface area contributed by atoms with Crippen molar-refractivity contribution in [3.8, 4) is 5.69 Å². The summed E-state index contributed by atoms with van der Waals surface area (Å²) in [7, 11) is 0. The van der Waals surface area contributed by atoms with Gasteiger partial charge in [-0.05, 0) is 43.0 Å². The molecule has 0 spiro atoms. The average molecular weight is 359 g/mol. The topological polar surface area (TPSA) is 80.5 Å². The van der Waals surface area contributed by atoms with Crippen LogP contribution < -0.4 is 5.56 Å². The highest BCUT2D eigenvalue weighted by Crippen LogP contribution is 2.26. The molecule has 134 valence electrons. The molecule has 0 atom stereocenters. The van der Waals surface area contributed by atoms with Crippen LogP contribution in [0.5, 0.6) is 0 Å². The largest absolute Gasteiger partial charge is 0.297 e. The zero-order chi connectivity index (χ0) is 18.4. The molecule has 0 unspecified atom stereocenters. The van der Waals surface area contributed by atoms with Crippen molar-refractivity contribution >= 4 is 22.9 Å². The maximum Gasteiger partial charge on any atom is 0.267 e. The summed E-state index contributed by atoms with van der Waals surface area (Å²) in [5.74, 6) is -0.0899. The van der Waals surface area contributed by atoms with Crippen LogP contribution in [0, 0.1) is 0 Å². The molecule has 0 N–H and O–H groups in total. The number of rotatable bonds is 2. The molecule has 27 heavy (non-hydrogen) atoms. The molecule has 2 aliphatic rings. The molecule has 1 aromatic carbocycles. The zero-order valence-electron chi connectivity index (χ0n) is 14.6. The van der Waals surface area contributed by atoms with Crippen LogP contribution in [0.25, 0.3) is 16.6 Å². The summed E-state index contributed by atoms with van der Waals surface area (Å²) in [6, 6.07) is 7.08. The molecule has 0 saturated carbocycles. The highest BCUT2D eigenvalue weighted by atomic mass is 16.1. The Morgan fingerprint density at radius 1 is 1.07 bits per heavy atom. The maximum atomic E-state index is 12.8. The molecular weight excluding hydrogens is 342 g/mol. The first-order valence-electron chi connectivity index (χ1n) is 9.07. The fourth-order valence-corrected chi connectivity index (χ4v) is 3.68. The minimum Gasteiger partial charge on any atom is -0.297 e. The van der Waals surface area contributed by atoms with Gasteiger partial charge in [-0.2, -0.15) is 5.10 Å². The SMILES string of the molecule is O=C1c2cc(C=NN3CCCCC3)ccc2-n2c1nc1ccncc1c2=O. The Morgan fingerprint density at radius 2 is 1.93 bits per heavy atom. The van der Waals surface area contributed by atoms with Crippen molar-refractivity contribution in [2.75, 3.05) is 13.1 Å². The fraction of sp³-hybridized carbons (Fsp3) is 0.250. The van der Waals surface area contributed by atoms with E-state index in [1.54, 1.807) is 30.6 Å². The van der Waals surface area contributed by atoms with Crippen LogP contribution in [-0.4, -0.2) is 44.6 Å². The van der Waals surface area contributed by atoms with E-state index in [4.69, 9.17) is 0 Å². The van der Waals surface area contributed by atoms with Crippen molar-refractivity contribution in [2.45, 2.75) is 19.3 Å². The number of benzene rings is 1. The third-order valence-electron chi connectivity index (χ3n) is 5.08. The van der Waals surface area contributed by atoms with Gasteiger partial charge in [0.15, 0.2) is 5.82 Å². The Bertz CT molecular complexity index is 1160. The second-order valence-corrected chi connectivity index (χ2v) is 6.83. The van der Waals surface area contributed by atoms with Gasteiger partial charge in [0, 0.05) is 25.5 Å². The third-order valence-corrected chi connectivity index (χ3v) is 5.08. The molecule has 4 heterocycles. The number of nitrogens with zero attached hydrogens (tertiary/aromatic N) is 5. The lowest BCUT2D eigenvalue weighted by Gasteiger charge is -2.23. The second-order valence-electron chi connectivity index (χ2n) is 6.83. The fourth-order valence-electron chi connectivity index (χ4n) is 3.68. The molecule has 1 fully saturated rings. The molecule has 2 aliphatic heterocycles. The Labute approximate surface area is 155 Å². The minimum absolute atomic E-state index is 0.152. The lowest BCUT2D eigenvalue weighted by atomic mass is 10.1. The molecule has 5 rings (SSSR count). The average Bonchev–Trinajstić information content (AvgIpc) is 2.99. The second kappa shape index (κ2) is 6.12. The van der Waals surface area contributed by atoms with E-state index >= 15 is 0 Å². The molecular formula is C20H17N5O2. The minimum atomic E-state index is -0.273. The van der Waals surface area contributed by atoms with Crippen LogP contribution in [0.3, 0.4) is 0 Å². The van der Waals surface area contributed by atoms with Crippen LogP contribution in [0.1, 0.15) is 41.0 Å². The summed E-state index contributed by atoms with van der Waals surface area (Å²) in [5.41, 5.74) is 2.08. The van der Waals surface area contributed by atoms with Crippen molar-refractivity contribution in [1.82, 2.24) is 19.5 Å². The molecule has 0 amide bonds. The summed E-state index contributed by atoms with van der Waals surface area (Å²) >= 11 is 0. The third kappa shape index (κ3) is 2.54. The quantitative estimate of drug-likeness (QED) is 0.512. The van der Waals surface area contributed by atoms with Crippen molar-refractivity contribution < 1.29 is 4.79 Å². The van der Waals surface area contributed by atoms with Gasteiger partial charge in [-0.15, -0.1) is 0 Å². The summed E-state index contributed by atoms with van der Waals surface area (Å²) < 4.78 is 1.38. The van der Waals surface area contributed by atoms with Gasteiger partial charge in [-0.1, -0.05) is 6.07 Å². The van der Waals surface area contributed by atoms with E-state index in [1.165, 1.54) is 17.2 Å². The van der Waals surface area contributed by atoms with Gasteiger partial charge < -0.3 is 0 Å². The highest BCUT2D eigenvalue weighted by molar-refractivity contribution is 6.14. The number of aromatic nitrogens is 3. The number of hydrogen-bond donors (Lipinski definition) is 0. The van der Waals surface area contributed by atoms with Crippen LogP contribution in [-0.2, 0) is 0 Å². The van der Waals surface area contributed by atoms with Gasteiger partial charge in [0.05, 0.1) is 28.4 Å². The molecule has 3 aromatic rings. The van der Waals surface area contributed by atoms with Crippen molar-refractivity contribution in [3.05, 3.63) is 64.0 Å². The molecule has 7 nitrogen and oxygen atoms in total. The predicted molar refractivity (Wildman–Crippen MR) is 102 cm³/mol. The number of ketones is 1. The van der Waals surface area contributed by atoms with E-state index in [0.717, 1.165) is 31.5 Å². The Kier molecular flexibility index (Phi) is 3.60. The Hall–Kier alpha value is -3.35. The number of fused-ring (bicyclic) bond motifs is 4. The summed E-state index contributed by atoms with van der Waals surface area (Å²) in [5, 5.41) is 6.98. The van der Waals surface area contributed by atoms with Gasteiger partial charge in [0.2, 0.25) is 5.78 Å². The number of piperidine rings is 1. The van der Waals surface area contributed by atoms with Crippen molar-refractivity contribution in [3.63, 3.8) is 0 Å². The van der Waals surface area contributed by atoms with Gasteiger partial charge in [-0.3, -0.25) is 24.1 Å². The van der Waals surface area contributed by atoms with Crippen LogP contribution in [0.4, 0.5) is 0 Å². The summed E-state index contributed by atoms with van der Waals surface area (Å²) in [6.45, 7) is 1.93. The van der Waals surface area contributed by atoms with Gasteiger partial charge >= 0.3 is 0 Å². The first kappa shape index (κ1) is 15.9. The van der Waals surface area contributed by atoms with Crippen LogP contribution >= 0.6 is 0 Å². The predicted octanol–water partition coefficient (Wildman–Crippen LogP) is 2.14. The van der Waals surface area contributed by atoms with E-state index in [0.29, 0.717) is 22.2 Å². The van der Waals surface area contributed by atoms with E-state index < -0.39 is 0 Å². The Balaban J connectivity index is 1.57. The number of carbonyl (C=O) groups is 1. The molecule has 1 saturated heterocycles. The van der Waals surface area contributed by atoms with Crippen LogP contribution in [0.2, 0.25) is 0 Å². The van der Waals surface area contributed by atoms with E-state index in [9.17, 15) is 9.59 Å². The van der Waals surface area contributed by atoms with Crippen LogP contribution in [0.15, 0.2) is 46.6 Å². The standard InChI is InChI=1S/C20H17N5O2/c26-18-14-10-13(11-22-24-8-2-1-3-9-24)4-5-17(14)25-19(18)23-16-6-7-21-12-15(16)20(25)27/h4-7,10-12H,1-3,8-9H2. The monoisotopic (exact) mass is 359 g/mol. The normalized spacial score (nSPS) is 16.1. The zero-order valence-corrected chi connectivity index (χ0v) is 14.6. The smallest absolute Gasteiger partial charge is 0.267 e. The lowest BCUT2D eigenvalue weighted by Crippen LogP contribution is -2.24.